The highest BCUT2D eigenvalue weighted by atomic mass is 16.5. The first-order valence-electron chi connectivity index (χ1n) is 12.8. The Bertz CT molecular complexity index is 746. The molecule has 4 fully saturated rings. The van der Waals surface area contributed by atoms with Gasteiger partial charge in [0.1, 0.15) is 0 Å². The lowest BCUT2D eigenvalue weighted by Gasteiger charge is -2.57. The Morgan fingerprint density at radius 2 is 1.93 bits per heavy atom. The average molecular weight is 397 g/mol. The SMILES string of the molecule is C[C@H]1CC[C@]2([NH2+]C1)O[C@H]1C[C@@H]3[C@@H]4CC=C5C=CCC[C@]5(C)[C@@H]4CC[C@]3(C)[C@H]1[C@H]2C. The molecule has 2 heterocycles. The molecule has 2 N–H and O–H groups in total. The Labute approximate surface area is 177 Å². The van der Waals surface area contributed by atoms with Crippen LogP contribution < -0.4 is 5.32 Å². The zero-order chi connectivity index (χ0) is 20.0. The highest BCUT2D eigenvalue weighted by Gasteiger charge is 2.69. The number of quaternary nitrogens is 1. The van der Waals surface area contributed by atoms with E-state index >= 15 is 0 Å². The number of nitrogens with two attached hydrogens (primary N) is 1. The highest BCUT2D eigenvalue weighted by Crippen LogP contribution is 2.69. The van der Waals surface area contributed by atoms with Gasteiger partial charge in [0.25, 0.3) is 0 Å². The second-order valence-corrected chi connectivity index (χ2v) is 12.4. The van der Waals surface area contributed by atoms with Crippen LogP contribution in [0.5, 0.6) is 0 Å². The molecule has 160 valence electrons. The van der Waals surface area contributed by atoms with Crippen molar-refractivity contribution in [2.45, 2.75) is 90.9 Å². The van der Waals surface area contributed by atoms with Gasteiger partial charge in [0.15, 0.2) is 0 Å². The molecule has 0 aromatic carbocycles. The highest BCUT2D eigenvalue weighted by molar-refractivity contribution is 5.34. The Balaban J connectivity index is 1.30. The monoisotopic (exact) mass is 396 g/mol. The van der Waals surface area contributed by atoms with Gasteiger partial charge in [0, 0.05) is 24.2 Å². The fourth-order valence-electron chi connectivity index (χ4n) is 9.65. The maximum Gasteiger partial charge on any atom is 0.203 e. The van der Waals surface area contributed by atoms with E-state index in [-0.39, 0.29) is 5.72 Å². The molecule has 0 bridgehead atoms. The van der Waals surface area contributed by atoms with Crippen LogP contribution in [0, 0.1) is 46.3 Å². The minimum Gasteiger partial charge on any atom is -0.323 e. The van der Waals surface area contributed by atoms with Crippen molar-refractivity contribution < 1.29 is 10.1 Å². The van der Waals surface area contributed by atoms with Crippen molar-refractivity contribution in [1.29, 1.82) is 0 Å². The van der Waals surface area contributed by atoms with Crippen molar-refractivity contribution in [3.05, 3.63) is 23.8 Å². The Hall–Kier alpha value is -0.600. The first-order chi connectivity index (χ1) is 13.9. The van der Waals surface area contributed by atoms with Gasteiger partial charge in [-0.25, -0.2) is 0 Å². The third kappa shape index (κ3) is 2.42. The molecule has 0 unspecified atom stereocenters. The van der Waals surface area contributed by atoms with E-state index in [9.17, 15) is 0 Å². The molecule has 0 amide bonds. The summed E-state index contributed by atoms with van der Waals surface area (Å²) in [6, 6.07) is 0. The molecular formula is C27H42NO+. The predicted octanol–water partition coefficient (Wildman–Crippen LogP) is 5.07. The van der Waals surface area contributed by atoms with Gasteiger partial charge < -0.3 is 10.1 Å². The quantitative estimate of drug-likeness (QED) is 0.608. The van der Waals surface area contributed by atoms with Gasteiger partial charge in [0.05, 0.1) is 12.6 Å². The number of rotatable bonds is 0. The molecule has 6 aliphatic rings. The molecule has 0 aromatic rings. The first-order valence-corrected chi connectivity index (χ1v) is 12.8. The van der Waals surface area contributed by atoms with Gasteiger partial charge >= 0.3 is 0 Å². The van der Waals surface area contributed by atoms with Crippen molar-refractivity contribution in [3.63, 3.8) is 0 Å². The van der Waals surface area contributed by atoms with Crippen LogP contribution in [-0.4, -0.2) is 18.4 Å². The van der Waals surface area contributed by atoms with Crippen molar-refractivity contribution in [1.82, 2.24) is 0 Å². The number of ether oxygens (including phenoxy) is 1. The van der Waals surface area contributed by atoms with Crippen LogP contribution in [-0.2, 0) is 4.74 Å². The van der Waals surface area contributed by atoms with E-state index in [1.54, 1.807) is 5.57 Å². The predicted molar refractivity (Wildman–Crippen MR) is 117 cm³/mol. The van der Waals surface area contributed by atoms with Crippen LogP contribution in [0.4, 0.5) is 0 Å². The number of piperidine rings is 1. The fraction of sp³-hybridized carbons (Fsp3) is 0.852. The van der Waals surface area contributed by atoms with Gasteiger partial charge in [-0.15, -0.1) is 0 Å². The summed E-state index contributed by atoms with van der Waals surface area (Å²) in [5.74, 6) is 5.00. The molecule has 10 atom stereocenters. The second-order valence-electron chi connectivity index (χ2n) is 12.4. The summed E-state index contributed by atoms with van der Waals surface area (Å²) in [5.41, 5.74) is 2.71. The van der Waals surface area contributed by atoms with E-state index < -0.39 is 0 Å². The summed E-state index contributed by atoms with van der Waals surface area (Å²) in [6.45, 7) is 11.5. The molecule has 29 heavy (non-hydrogen) atoms. The van der Waals surface area contributed by atoms with Gasteiger partial charge in [-0.3, -0.25) is 0 Å². The molecule has 2 nitrogen and oxygen atoms in total. The van der Waals surface area contributed by atoms with Gasteiger partial charge in [-0.05, 0) is 79.1 Å². The van der Waals surface area contributed by atoms with Crippen LogP contribution in [0.2, 0.25) is 0 Å². The Kier molecular flexibility index (Phi) is 4.10. The summed E-state index contributed by atoms with van der Waals surface area (Å²) in [7, 11) is 0. The number of hydrogen-bond acceptors (Lipinski definition) is 1. The van der Waals surface area contributed by atoms with Crippen LogP contribution in [0.1, 0.15) is 79.1 Å². The molecule has 0 aromatic heterocycles. The smallest absolute Gasteiger partial charge is 0.203 e. The summed E-state index contributed by atoms with van der Waals surface area (Å²) >= 11 is 0. The van der Waals surface area contributed by atoms with E-state index in [0.717, 1.165) is 29.6 Å². The largest absolute Gasteiger partial charge is 0.323 e. The van der Waals surface area contributed by atoms with Crippen molar-refractivity contribution in [3.8, 4) is 0 Å². The first kappa shape index (κ1) is 19.1. The van der Waals surface area contributed by atoms with Crippen molar-refractivity contribution in [2.75, 3.05) is 6.54 Å². The van der Waals surface area contributed by atoms with Crippen LogP contribution in [0.25, 0.3) is 0 Å². The summed E-state index contributed by atoms with van der Waals surface area (Å²) in [6.07, 6.45) is 18.9. The topological polar surface area (TPSA) is 25.8 Å². The lowest BCUT2D eigenvalue weighted by atomic mass is 9.47. The van der Waals surface area contributed by atoms with Crippen LogP contribution in [0.3, 0.4) is 0 Å². The molecule has 0 radical (unpaired) electrons. The van der Waals surface area contributed by atoms with Crippen LogP contribution >= 0.6 is 0 Å². The minimum atomic E-state index is 0.104. The van der Waals surface area contributed by atoms with E-state index in [0.29, 0.717) is 22.9 Å². The van der Waals surface area contributed by atoms with E-state index in [2.05, 4.69) is 51.2 Å². The fourth-order valence-corrected chi connectivity index (χ4v) is 9.65. The molecule has 2 aliphatic heterocycles. The maximum atomic E-state index is 7.06. The molecule has 2 saturated heterocycles. The minimum absolute atomic E-state index is 0.104. The number of fused-ring (bicyclic) bond motifs is 7. The summed E-state index contributed by atoms with van der Waals surface area (Å²) in [5, 5.41) is 2.61. The molecular weight excluding hydrogens is 354 g/mol. The van der Waals surface area contributed by atoms with E-state index in [1.807, 2.05) is 0 Å². The van der Waals surface area contributed by atoms with Crippen molar-refractivity contribution in [2.24, 2.45) is 46.3 Å². The van der Waals surface area contributed by atoms with Gasteiger partial charge in [-0.2, -0.15) is 0 Å². The third-order valence-corrected chi connectivity index (χ3v) is 11.3. The van der Waals surface area contributed by atoms with E-state index in [4.69, 9.17) is 4.74 Å². The van der Waals surface area contributed by atoms with E-state index in [1.165, 1.54) is 57.9 Å². The lowest BCUT2D eigenvalue weighted by Crippen LogP contribution is -3.00. The van der Waals surface area contributed by atoms with Crippen molar-refractivity contribution >= 4 is 0 Å². The van der Waals surface area contributed by atoms with Crippen LogP contribution in [0.15, 0.2) is 23.8 Å². The lowest BCUT2D eigenvalue weighted by molar-refractivity contribution is -0.786. The second kappa shape index (κ2) is 6.22. The molecule has 6 rings (SSSR count). The standard InChI is InChI=1S/C27H41NO/c1-17-10-14-27(28-16-17)18(2)24-23(29-27)15-22-20-9-8-19-7-5-6-12-25(19,3)21(20)11-13-26(22,24)4/h5,7-8,17-18,20-24,28H,6,9-16H2,1-4H3/p+1/t17-,18+,20+,21+,22+,23-,24-,25-,26-,27-/m0/s1. The molecule has 4 aliphatic carbocycles. The third-order valence-electron chi connectivity index (χ3n) is 11.3. The zero-order valence-electron chi connectivity index (χ0n) is 19.1. The molecule has 1 spiro atoms. The van der Waals surface area contributed by atoms with Gasteiger partial charge in [-0.1, -0.05) is 45.9 Å². The van der Waals surface area contributed by atoms with Gasteiger partial charge in [0.2, 0.25) is 5.72 Å². The zero-order valence-corrected chi connectivity index (χ0v) is 19.1. The molecule has 2 heteroatoms. The summed E-state index contributed by atoms with van der Waals surface area (Å²) in [4.78, 5) is 0. The summed E-state index contributed by atoms with van der Waals surface area (Å²) < 4.78 is 7.06. The normalized spacial score (nSPS) is 58.3. The average Bonchev–Trinajstić information content (AvgIpc) is 3.15. The molecule has 2 saturated carbocycles. The Morgan fingerprint density at radius 1 is 1.07 bits per heavy atom. The maximum absolute atomic E-state index is 7.06. The Morgan fingerprint density at radius 3 is 2.72 bits per heavy atom. The number of allylic oxidation sites excluding steroid dienone is 4. The number of hydrogen-bond donors (Lipinski definition) is 1.